The molecule has 0 bridgehead atoms. The van der Waals surface area contributed by atoms with Crippen LogP contribution in [0.4, 0.5) is 0 Å². The van der Waals surface area contributed by atoms with E-state index in [9.17, 15) is 0 Å². The minimum atomic E-state index is 0.271. The average molecular weight is 256 g/mol. The smallest absolute Gasteiger partial charge is 0.0171 e. The highest BCUT2D eigenvalue weighted by molar-refractivity contribution is 7.12. The van der Waals surface area contributed by atoms with Gasteiger partial charge in [0, 0.05) is 16.2 Å². The van der Waals surface area contributed by atoms with Crippen LogP contribution in [0.15, 0.2) is 18.2 Å². The first-order valence-electron chi connectivity index (χ1n) is 6.60. The Hall–Kier alpha value is -1.08. The number of rotatable bonds is 0. The maximum Gasteiger partial charge on any atom is 0.0171 e. The highest BCUT2D eigenvalue weighted by atomic mass is 32.1. The van der Waals surface area contributed by atoms with E-state index in [-0.39, 0.29) is 5.41 Å². The van der Waals surface area contributed by atoms with Crippen molar-refractivity contribution in [3.8, 4) is 11.1 Å². The normalized spacial score (nSPS) is 13.6. The lowest BCUT2D eigenvalue weighted by atomic mass is 9.92. The molecule has 0 N–H and O–H groups in total. The number of benzene rings is 1. The molecular formula is C17H20S. The van der Waals surface area contributed by atoms with E-state index in [0.29, 0.717) is 0 Å². The Kier molecular flexibility index (Phi) is 2.47. The standard InChI is InChI=1S/C17H20S/c1-10-6-7-11(2)16-12(10)8-14-13(16)9-15(18-14)17(3,4)5/h6-7,9H,8H2,1-5H3. The topological polar surface area (TPSA) is 0 Å². The summed E-state index contributed by atoms with van der Waals surface area (Å²) < 4.78 is 0. The average Bonchev–Trinajstić information content (AvgIpc) is 2.79. The lowest BCUT2D eigenvalue weighted by Gasteiger charge is -2.16. The molecular weight excluding hydrogens is 236 g/mol. The predicted octanol–water partition coefficient (Wildman–Crippen LogP) is 5.23. The zero-order valence-electron chi connectivity index (χ0n) is 11.8. The van der Waals surface area contributed by atoms with Gasteiger partial charge in [-0.3, -0.25) is 0 Å². The molecule has 0 saturated carbocycles. The predicted molar refractivity (Wildman–Crippen MR) is 80.7 cm³/mol. The second kappa shape index (κ2) is 3.71. The maximum atomic E-state index is 2.43. The van der Waals surface area contributed by atoms with Crippen LogP contribution in [0, 0.1) is 13.8 Å². The second-order valence-corrected chi connectivity index (χ2v) is 7.56. The van der Waals surface area contributed by atoms with Crippen LogP contribution < -0.4 is 0 Å². The molecule has 1 heteroatoms. The lowest BCUT2D eigenvalue weighted by Crippen LogP contribution is -2.08. The van der Waals surface area contributed by atoms with Crippen molar-refractivity contribution in [3.05, 3.63) is 44.6 Å². The van der Waals surface area contributed by atoms with Crippen LogP contribution in [0.1, 0.15) is 47.2 Å². The van der Waals surface area contributed by atoms with E-state index in [1.165, 1.54) is 27.1 Å². The Morgan fingerprint density at radius 2 is 1.72 bits per heavy atom. The molecule has 0 nitrogen and oxygen atoms in total. The highest BCUT2D eigenvalue weighted by Crippen LogP contribution is 2.46. The minimum Gasteiger partial charge on any atom is -0.144 e. The molecule has 0 saturated heterocycles. The quantitative estimate of drug-likeness (QED) is 0.516. The Bertz CT molecular complexity index is 624. The van der Waals surface area contributed by atoms with E-state index in [4.69, 9.17) is 0 Å². The van der Waals surface area contributed by atoms with Gasteiger partial charge in [0.2, 0.25) is 0 Å². The van der Waals surface area contributed by atoms with E-state index in [1.807, 2.05) is 11.3 Å². The molecule has 2 aromatic rings. The van der Waals surface area contributed by atoms with Gasteiger partial charge in [-0.25, -0.2) is 0 Å². The molecule has 1 aliphatic carbocycles. The number of thiophene rings is 1. The van der Waals surface area contributed by atoms with Crippen LogP contribution in [-0.2, 0) is 11.8 Å². The van der Waals surface area contributed by atoms with Crippen LogP contribution in [0.2, 0.25) is 0 Å². The van der Waals surface area contributed by atoms with Crippen molar-refractivity contribution in [1.29, 1.82) is 0 Å². The fraction of sp³-hybridized carbons (Fsp3) is 0.412. The molecule has 1 aliphatic rings. The first-order valence-corrected chi connectivity index (χ1v) is 7.42. The van der Waals surface area contributed by atoms with Crippen molar-refractivity contribution in [2.45, 2.75) is 46.5 Å². The van der Waals surface area contributed by atoms with Crippen molar-refractivity contribution in [2.24, 2.45) is 0 Å². The van der Waals surface area contributed by atoms with Gasteiger partial charge in [0.05, 0.1) is 0 Å². The molecule has 94 valence electrons. The summed E-state index contributed by atoms with van der Waals surface area (Å²) in [5, 5.41) is 0. The molecule has 0 radical (unpaired) electrons. The van der Waals surface area contributed by atoms with Crippen LogP contribution in [-0.4, -0.2) is 0 Å². The monoisotopic (exact) mass is 256 g/mol. The third-order valence-electron chi connectivity index (χ3n) is 3.91. The van der Waals surface area contributed by atoms with Gasteiger partial charge in [-0.05, 0) is 53.1 Å². The zero-order valence-corrected chi connectivity index (χ0v) is 12.7. The van der Waals surface area contributed by atoms with E-state index in [0.717, 1.165) is 6.42 Å². The van der Waals surface area contributed by atoms with Crippen molar-refractivity contribution >= 4 is 11.3 Å². The van der Waals surface area contributed by atoms with Gasteiger partial charge in [-0.1, -0.05) is 32.9 Å². The molecule has 3 rings (SSSR count). The van der Waals surface area contributed by atoms with Gasteiger partial charge >= 0.3 is 0 Å². The Balaban J connectivity index is 2.21. The van der Waals surface area contributed by atoms with E-state index < -0.39 is 0 Å². The number of hydrogen-bond acceptors (Lipinski definition) is 1. The fourth-order valence-corrected chi connectivity index (χ4v) is 4.01. The molecule has 1 aromatic heterocycles. The molecule has 0 amide bonds. The first-order chi connectivity index (χ1) is 8.38. The van der Waals surface area contributed by atoms with Gasteiger partial charge < -0.3 is 0 Å². The molecule has 1 heterocycles. The number of fused-ring (bicyclic) bond motifs is 3. The largest absolute Gasteiger partial charge is 0.144 e. The Morgan fingerprint density at radius 3 is 2.39 bits per heavy atom. The summed E-state index contributed by atoms with van der Waals surface area (Å²) in [5.74, 6) is 0. The van der Waals surface area contributed by atoms with Gasteiger partial charge in [-0.2, -0.15) is 0 Å². The molecule has 0 unspecified atom stereocenters. The van der Waals surface area contributed by atoms with Crippen LogP contribution in [0.5, 0.6) is 0 Å². The SMILES string of the molecule is Cc1ccc(C)c2c1Cc1sc(C(C)(C)C)cc1-2. The molecule has 1 aromatic carbocycles. The van der Waals surface area contributed by atoms with E-state index in [1.54, 1.807) is 10.4 Å². The van der Waals surface area contributed by atoms with Gasteiger partial charge in [0.1, 0.15) is 0 Å². The first kappa shape index (κ1) is 12.0. The van der Waals surface area contributed by atoms with Gasteiger partial charge in [0.15, 0.2) is 0 Å². The molecule has 0 spiro atoms. The number of aryl methyl sites for hydroxylation is 2. The van der Waals surface area contributed by atoms with Gasteiger partial charge in [-0.15, -0.1) is 11.3 Å². The van der Waals surface area contributed by atoms with Crippen molar-refractivity contribution in [1.82, 2.24) is 0 Å². The third kappa shape index (κ3) is 1.65. The zero-order chi connectivity index (χ0) is 13.1. The summed E-state index contributed by atoms with van der Waals surface area (Å²) in [4.78, 5) is 3.08. The summed E-state index contributed by atoms with van der Waals surface area (Å²) in [6.45, 7) is 11.4. The molecule has 18 heavy (non-hydrogen) atoms. The summed E-state index contributed by atoms with van der Waals surface area (Å²) in [6.07, 6.45) is 1.14. The van der Waals surface area contributed by atoms with E-state index in [2.05, 4.69) is 52.8 Å². The summed E-state index contributed by atoms with van der Waals surface area (Å²) in [5.41, 5.74) is 7.70. The Morgan fingerprint density at radius 1 is 1.06 bits per heavy atom. The number of hydrogen-bond donors (Lipinski definition) is 0. The maximum absolute atomic E-state index is 2.43. The minimum absolute atomic E-state index is 0.271. The molecule has 0 atom stereocenters. The van der Waals surface area contributed by atoms with Crippen LogP contribution in [0.3, 0.4) is 0 Å². The van der Waals surface area contributed by atoms with Crippen molar-refractivity contribution < 1.29 is 0 Å². The van der Waals surface area contributed by atoms with Crippen LogP contribution in [0.25, 0.3) is 11.1 Å². The highest BCUT2D eigenvalue weighted by Gasteiger charge is 2.27. The summed E-state index contributed by atoms with van der Waals surface area (Å²) >= 11 is 2.00. The lowest BCUT2D eigenvalue weighted by molar-refractivity contribution is 0.604. The Labute approximate surface area is 114 Å². The van der Waals surface area contributed by atoms with Crippen molar-refractivity contribution in [2.75, 3.05) is 0 Å². The summed E-state index contributed by atoms with van der Waals surface area (Å²) in [7, 11) is 0. The fourth-order valence-electron chi connectivity index (χ4n) is 2.77. The van der Waals surface area contributed by atoms with Crippen molar-refractivity contribution in [3.63, 3.8) is 0 Å². The van der Waals surface area contributed by atoms with E-state index >= 15 is 0 Å². The van der Waals surface area contributed by atoms with Gasteiger partial charge in [0.25, 0.3) is 0 Å². The van der Waals surface area contributed by atoms with Crippen LogP contribution >= 0.6 is 11.3 Å². The molecule has 0 fully saturated rings. The second-order valence-electron chi connectivity index (χ2n) is 6.43. The third-order valence-corrected chi connectivity index (χ3v) is 5.47. The summed E-state index contributed by atoms with van der Waals surface area (Å²) in [6, 6.07) is 6.95. The molecule has 0 aliphatic heterocycles.